The number of carbonyl (C=O) groups is 2. The van der Waals surface area contributed by atoms with Crippen LogP contribution in [0.2, 0.25) is 5.02 Å². The molecule has 1 unspecified atom stereocenters. The minimum Gasteiger partial charge on any atom is -0.481 e. The van der Waals surface area contributed by atoms with E-state index in [9.17, 15) is 9.59 Å². The molecule has 2 aromatic rings. The van der Waals surface area contributed by atoms with Crippen molar-refractivity contribution >= 4 is 29.3 Å². The van der Waals surface area contributed by atoms with Crippen LogP contribution in [0.4, 0.5) is 10.5 Å². The topological polar surface area (TPSA) is 78.4 Å². The molecule has 0 heterocycles. The van der Waals surface area contributed by atoms with Gasteiger partial charge in [0, 0.05) is 10.7 Å². The number of anilines is 1. The Balaban J connectivity index is 2.06. The van der Waals surface area contributed by atoms with Crippen LogP contribution >= 0.6 is 11.6 Å². The Morgan fingerprint density at radius 1 is 1.09 bits per heavy atom. The van der Waals surface area contributed by atoms with Crippen LogP contribution in [-0.2, 0) is 4.79 Å². The fourth-order valence-electron chi connectivity index (χ4n) is 2.00. The zero-order valence-corrected chi connectivity index (χ0v) is 12.4. The summed E-state index contributed by atoms with van der Waals surface area (Å²) in [5.41, 5.74) is 1.26. The van der Waals surface area contributed by atoms with Crippen LogP contribution < -0.4 is 10.6 Å². The lowest BCUT2D eigenvalue weighted by Gasteiger charge is -2.18. The van der Waals surface area contributed by atoms with Gasteiger partial charge in [0.25, 0.3) is 0 Å². The maximum atomic E-state index is 12.0. The lowest BCUT2D eigenvalue weighted by Crippen LogP contribution is -2.33. The molecule has 0 bridgehead atoms. The molecule has 0 aliphatic heterocycles. The van der Waals surface area contributed by atoms with E-state index in [1.807, 2.05) is 6.07 Å². The lowest BCUT2D eigenvalue weighted by molar-refractivity contribution is -0.137. The van der Waals surface area contributed by atoms with Crippen molar-refractivity contribution in [1.29, 1.82) is 0 Å². The highest BCUT2D eigenvalue weighted by molar-refractivity contribution is 6.30. The summed E-state index contributed by atoms with van der Waals surface area (Å²) in [7, 11) is 0. The lowest BCUT2D eigenvalue weighted by atomic mass is 10.0. The van der Waals surface area contributed by atoms with Crippen LogP contribution in [0.1, 0.15) is 18.0 Å². The van der Waals surface area contributed by atoms with E-state index in [4.69, 9.17) is 16.7 Å². The highest BCUT2D eigenvalue weighted by Gasteiger charge is 2.17. The fraction of sp³-hybridized carbons (Fsp3) is 0.125. The van der Waals surface area contributed by atoms with E-state index < -0.39 is 18.0 Å². The number of rotatable bonds is 5. The minimum absolute atomic E-state index is 0.201. The Morgan fingerprint density at radius 2 is 1.82 bits per heavy atom. The average Bonchev–Trinajstić information content (AvgIpc) is 2.47. The first-order valence-corrected chi connectivity index (χ1v) is 7.02. The largest absolute Gasteiger partial charge is 0.481 e. The summed E-state index contributed by atoms with van der Waals surface area (Å²) in [6.45, 7) is 0. The van der Waals surface area contributed by atoms with E-state index in [0.29, 0.717) is 10.7 Å². The number of carboxylic acids is 1. The van der Waals surface area contributed by atoms with Gasteiger partial charge in [0.2, 0.25) is 0 Å². The quantitative estimate of drug-likeness (QED) is 0.787. The second-order valence-corrected chi connectivity index (χ2v) is 5.11. The Kier molecular flexibility index (Phi) is 5.38. The fourth-order valence-corrected chi connectivity index (χ4v) is 2.19. The molecule has 6 heteroatoms. The smallest absolute Gasteiger partial charge is 0.319 e. The van der Waals surface area contributed by atoms with E-state index in [-0.39, 0.29) is 6.42 Å². The molecule has 0 aromatic heterocycles. The van der Waals surface area contributed by atoms with Crippen molar-refractivity contribution in [2.24, 2.45) is 0 Å². The third-order valence-electron chi connectivity index (χ3n) is 2.97. The van der Waals surface area contributed by atoms with Crippen LogP contribution in [0.3, 0.4) is 0 Å². The molecule has 0 radical (unpaired) electrons. The molecule has 114 valence electrons. The highest BCUT2D eigenvalue weighted by Crippen LogP contribution is 2.18. The van der Waals surface area contributed by atoms with Gasteiger partial charge in [-0.25, -0.2) is 4.79 Å². The molecule has 0 aliphatic carbocycles. The molecule has 2 rings (SSSR count). The van der Waals surface area contributed by atoms with Crippen LogP contribution in [0.25, 0.3) is 0 Å². The van der Waals surface area contributed by atoms with Gasteiger partial charge in [0.05, 0.1) is 12.5 Å². The number of halogens is 1. The Hall–Kier alpha value is -2.53. The van der Waals surface area contributed by atoms with Crippen LogP contribution in [0, 0.1) is 0 Å². The van der Waals surface area contributed by atoms with Crippen molar-refractivity contribution in [2.45, 2.75) is 12.5 Å². The molecule has 0 saturated heterocycles. The maximum absolute atomic E-state index is 12.0. The minimum atomic E-state index is -0.989. The van der Waals surface area contributed by atoms with Gasteiger partial charge in [-0.1, -0.05) is 48.0 Å². The summed E-state index contributed by atoms with van der Waals surface area (Å²) in [4.78, 5) is 23.0. The molecule has 0 spiro atoms. The van der Waals surface area contributed by atoms with Crippen molar-refractivity contribution < 1.29 is 14.7 Å². The van der Waals surface area contributed by atoms with Gasteiger partial charge < -0.3 is 15.7 Å². The van der Waals surface area contributed by atoms with Gasteiger partial charge in [0.1, 0.15) is 0 Å². The average molecular weight is 319 g/mol. The number of urea groups is 1. The van der Waals surface area contributed by atoms with Gasteiger partial charge in [-0.05, 0) is 23.8 Å². The zero-order valence-electron chi connectivity index (χ0n) is 11.6. The summed E-state index contributed by atoms with van der Waals surface area (Å²) < 4.78 is 0. The summed E-state index contributed by atoms with van der Waals surface area (Å²) in [5.74, 6) is -0.989. The monoisotopic (exact) mass is 318 g/mol. The van der Waals surface area contributed by atoms with E-state index in [1.165, 1.54) is 0 Å². The van der Waals surface area contributed by atoms with Crippen molar-refractivity contribution in [1.82, 2.24) is 5.32 Å². The number of hydrogen-bond acceptors (Lipinski definition) is 2. The molecule has 2 aromatic carbocycles. The van der Waals surface area contributed by atoms with Gasteiger partial charge in [-0.3, -0.25) is 4.79 Å². The normalized spacial score (nSPS) is 11.5. The first-order chi connectivity index (χ1) is 10.5. The number of hydrogen-bond donors (Lipinski definition) is 3. The summed E-state index contributed by atoms with van der Waals surface area (Å²) in [6, 6.07) is 14.6. The van der Waals surface area contributed by atoms with E-state index >= 15 is 0 Å². The molecule has 0 fully saturated rings. The van der Waals surface area contributed by atoms with Crippen molar-refractivity contribution in [3.05, 3.63) is 65.2 Å². The standard InChI is InChI=1S/C16H15ClN2O3/c17-12-7-4-8-13(9-12)18-16(22)19-14(10-15(20)21)11-5-2-1-3-6-11/h1-9,14H,10H2,(H,20,21)(H2,18,19,22). The molecule has 3 N–H and O–H groups in total. The first kappa shape index (κ1) is 15.9. The molecule has 22 heavy (non-hydrogen) atoms. The Labute approximate surface area is 132 Å². The molecule has 1 atom stereocenters. The SMILES string of the molecule is O=C(O)CC(NC(=O)Nc1cccc(Cl)c1)c1ccccc1. The summed E-state index contributed by atoms with van der Waals surface area (Å²) in [5, 5.41) is 14.8. The maximum Gasteiger partial charge on any atom is 0.319 e. The third-order valence-corrected chi connectivity index (χ3v) is 3.20. The second-order valence-electron chi connectivity index (χ2n) is 4.67. The molecular formula is C16H15ClN2O3. The molecule has 5 nitrogen and oxygen atoms in total. The molecule has 0 aliphatic rings. The predicted octanol–water partition coefficient (Wildman–Crippen LogP) is 3.68. The second kappa shape index (κ2) is 7.47. The number of benzene rings is 2. The highest BCUT2D eigenvalue weighted by atomic mass is 35.5. The van der Waals surface area contributed by atoms with E-state index in [0.717, 1.165) is 5.56 Å². The summed E-state index contributed by atoms with van der Waals surface area (Å²) >= 11 is 5.85. The number of amides is 2. The third kappa shape index (κ3) is 4.79. The van der Waals surface area contributed by atoms with Gasteiger partial charge in [-0.2, -0.15) is 0 Å². The number of aliphatic carboxylic acids is 1. The van der Waals surface area contributed by atoms with Crippen LogP contribution in [0.15, 0.2) is 54.6 Å². The molecular weight excluding hydrogens is 304 g/mol. The van der Waals surface area contributed by atoms with Crippen LogP contribution in [0.5, 0.6) is 0 Å². The summed E-state index contributed by atoms with van der Waals surface area (Å²) in [6.07, 6.45) is -0.201. The van der Waals surface area contributed by atoms with E-state index in [1.54, 1.807) is 48.5 Å². The van der Waals surface area contributed by atoms with Crippen molar-refractivity contribution in [2.75, 3.05) is 5.32 Å². The Bertz CT molecular complexity index is 661. The van der Waals surface area contributed by atoms with Crippen molar-refractivity contribution in [3.8, 4) is 0 Å². The van der Waals surface area contributed by atoms with Crippen molar-refractivity contribution in [3.63, 3.8) is 0 Å². The molecule has 2 amide bonds. The van der Waals surface area contributed by atoms with E-state index in [2.05, 4.69) is 10.6 Å². The Morgan fingerprint density at radius 3 is 2.45 bits per heavy atom. The number of carbonyl (C=O) groups excluding carboxylic acids is 1. The predicted molar refractivity (Wildman–Crippen MR) is 85.0 cm³/mol. The zero-order chi connectivity index (χ0) is 15.9. The molecule has 0 saturated carbocycles. The first-order valence-electron chi connectivity index (χ1n) is 6.64. The number of nitrogens with one attached hydrogen (secondary N) is 2. The number of carboxylic acid groups (broad SMARTS) is 1. The van der Waals surface area contributed by atoms with Gasteiger partial charge in [0.15, 0.2) is 0 Å². The van der Waals surface area contributed by atoms with Crippen LogP contribution in [-0.4, -0.2) is 17.1 Å². The van der Waals surface area contributed by atoms with Gasteiger partial charge in [-0.15, -0.1) is 0 Å². The van der Waals surface area contributed by atoms with Gasteiger partial charge >= 0.3 is 12.0 Å².